The Kier molecular flexibility index (Phi) is 3.55. The second kappa shape index (κ2) is 4.69. The van der Waals surface area contributed by atoms with Crippen molar-refractivity contribution in [1.29, 1.82) is 0 Å². The predicted octanol–water partition coefficient (Wildman–Crippen LogP) is 1.36. The van der Waals surface area contributed by atoms with Gasteiger partial charge in [0, 0.05) is 16.5 Å². The first-order valence-electron chi connectivity index (χ1n) is 3.84. The molecule has 5 heteroatoms. The molecule has 1 aromatic carbocycles. The molecule has 1 rings (SSSR count). The van der Waals surface area contributed by atoms with Crippen molar-refractivity contribution in [2.24, 2.45) is 5.84 Å². The van der Waals surface area contributed by atoms with Crippen LogP contribution >= 0.6 is 12.6 Å². The monoisotopic (exact) mass is 210 g/mol. The van der Waals surface area contributed by atoms with E-state index in [9.17, 15) is 4.79 Å². The Morgan fingerprint density at radius 3 is 2.86 bits per heavy atom. The van der Waals surface area contributed by atoms with E-state index in [4.69, 9.17) is 10.9 Å². The molecule has 0 heterocycles. The maximum atomic E-state index is 10.3. The van der Waals surface area contributed by atoms with E-state index in [-0.39, 0.29) is 0 Å². The maximum Gasteiger partial charge on any atom is 0.328 e. The van der Waals surface area contributed by atoms with Gasteiger partial charge in [0.15, 0.2) is 0 Å². The molecular formula is C9H10N2O2S. The summed E-state index contributed by atoms with van der Waals surface area (Å²) in [5.74, 6) is 4.25. The minimum absolute atomic E-state index is 0.653. The maximum absolute atomic E-state index is 10.3. The van der Waals surface area contributed by atoms with Gasteiger partial charge in [-0.1, -0.05) is 0 Å². The second-order valence-corrected chi connectivity index (χ2v) is 3.10. The Morgan fingerprint density at radius 1 is 1.57 bits per heavy atom. The summed E-state index contributed by atoms with van der Waals surface area (Å²) in [5, 5.41) is 8.45. The summed E-state index contributed by atoms with van der Waals surface area (Å²) in [5.41, 5.74) is 3.80. The lowest BCUT2D eigenvalue weighted by Crippen LogP contribution is -2.07. The first-order chi connectivity index (χ1) is 6.63. The van der Waals surface area contributed by atoms with Crippen LogP contribution in [0.1, 0.15) is 5.56 Å². The van der Waals surface area contributed by atoms with E-state index >= 15 is 0 Å². The Labute approximate surface area is 86.8 Å². The van der Waals surface area contributed by atoms with E-state index < -0.39 is 5.97 Å². The van der Waals surface area contributed by atoms with Gasteiger partial charge in [0.2, 0.25) is 0 Å². The number of rotatable bonds is 3. The third-order valence-electron chi connectivity index (χ3n) is 1.60. The quantitative estimate of drug-likeness (QED) is 0.263. The molecule has 0 aromatic heterocycles. The molecule has 0 saturated carbocycles. The van der Waals surface area contributed by atoms with Crippen LogP contribution < -0.4 is 11.3 Å². The molecule has 0 atom stereocenters. The molecule has 1 aromatic rings. The molecular weight excluding hydrogens is 200 g/mol. The molecule has 0 unspecified atom stereocenters. The van der Waals surface area contributed by atoms with Crippen LogP contribution in [-0.2, 0) is 4.79 Å². The van der Waals surface area contributed by atoms with Gasteiger partial charge in [0.25, 0.3) is 0 Å². The van der Waals surface area contributed by atoms with Crippen LogP contribution in [0.2, 0.25) is 0 Å². The molecule has 74 valence electrons. The Morgan fingerprint density at radius 2 is 2.29 bits per heavy atom. The third-order valence-corrected chi connectivity index (χ3v) is 1.87. The number of carboxylic acid groups (broad SMARTS) is 1. The summed E-state index contributed by atoms with van der Waals surface area (Å²) >= 11 is 4.13. The number of carbonyl (C=O) groups is 1. The number of anilines is 1. The summed E-state index contributed by atoms with van der Waals surface area (Å²) in [6.45, 7) is 0. The highest BCUT2D eigenvalue weighted by Gasteiger charge is 1.98. The van der Waals surface area contributed by atoms with Crippen molar-refractivity contribution in [3.63, 3.8) is 0 Å². The minimum Gasteiger partial charge on any atom is -0.478 e. The largest absolute Gasteiger partial charge is 0.478 e. The third kappa shape index (κ3) is 2.79. The summed E-state index contributed by atoms with van der Waals surface area (Å²) in [7, 11) is 0. The highest BCUT2D eigenvalue weighted by Crippen LogP contribution is 2.19. The molecule has 0 aliphatic rings. The number of nitrogens with two attached hydrogens (primary N) is 1. The van der Waals surface area contributed by atoms with E-state index in [0.29, 0.717) is 11.3 Å². The van der Waals surface area contributed by atoms with Crippen molar-refractivity contribution in [2.45, 2.75) is 4.90 Å². The van der Waals surface area contributed by atoms with Gasteiger partial charge in [0.1, 0.15) is 0 Å². The Balaban J connectivity index is 3.04. The van der Waals surface area contributed by atoms with Crippen molar-refractivity contribution in [1.82, 2.24) is 0 Å². The molecule has 14 heavy (non-hydrogen) atoms. The van der Waals surface area contributed by atoms with Crippen LogP contribution in [0.5, 0.6) is 0 Å². The number of thiol groups is 1. The van der Waals surface area contributed by atoms with Gasteiger partial charge in [0.05, 0.1) is 5.69 Å². The van der Waals surface area contributed by atoms with E-state index in [0.717, 1.165) is 11.0 Å². The number of benzene rings is 1. The van der Waals surface area contributed by atoms with Crippen LogP contribution in [0.15, 0.2) is 29.2 Å². The number of nitrogens with one attached hydrogen (secondary N) is 1. The molecule has 0 aliphatic heterocycles. The van der Waals surface area contributed by atoms with Gasteiger partial charge in [-0.15, -0.1) is 12.6 Å². The van der Waals surface area contributed by atoms with Crippen molar-refractivity contribution in [2.75, 3.05) is 5.43 Å². The van der Waals surface area contributed by atoms with Crippen molar-refractivity contribution < 1.29 is 9.90 Å². The first kappa shape index (κ1) is 10.6. The predicted molar refractivity (Wildman–Crippen MR) is 58.2 cm³/mol. The summed E-state index contributed by atoms with van der Waals surface area (Å²) in [6, 6.07) is 5.21. The van der Waals surface area contributed by atoms with E-state index in [1.54, 1.807) is 18.2 Å². The molecule has 4 N–H and O–H groups in total. The average molecular weight is 210 g/mol. The van der Waals surface area contributed by atoms with Gasteiger partial charge in [-0.2, -0.15) is 0 Å². The standard InChI is InChI=1S/C9H10N2O2S/c10-11-8-3-2-7(14)5-6(8)1-4-9(12)13/h1-5,11,14H,10H2,(H,12,13)/b4-1+. The fraction of sp³-hybridized carbons (Fsp3) is 0. The number of nitrogen functional groups attached to an aromatic ring is 1. The highest BCUT2D eigenvalue weighted by molar-refractivity contribution is 7.80. The molecule has 0 spiro atoms. The van der Waals surface area contributed by atoms with Gasteiger partial charge in [-0.3, -0.25) is 5.84 Å². The number of aliphatic carboxylic acids is 1. The van der Waals surface area contributed by atoms with Crippen LogP contribution in [0, 0.1) is 0 Å². The van der Waals surface area contributed by atoms with E-state index in [1.807, 2.05) is 0 Å². The molecule has 0 fully saturated rings. The lowest BCUT2D eigenvalue weighted by molar-refractivity contribution is -0.131. The number of hydrazine groups is 1. The summed E-state index contributed by atoms with van der Waals surface area (Å²) in [6.07, 6.45) is 2.50. The number of hydrogen-bond donors (Lipinski definition) is 4. The van der Waals surface area contributed by atoms with Crippen molar-refractivity contribution in [3.8, 4) is 0 Å². The fourth-order valence-electron chi connectivity index (χ4n) is 0.981. The first-order valence-corrected chi connectivity index (χ1v) is 4.29. The van der Waals surface area contributed by atoms with Crippen LogP contribution in [-0.4, -0.2) is 11.1 Å². The Hall–Kier alpha value is -1.46. The average Bonchev–Trinajstić information content (AvgIpc) is 2.15. The molecule has 0 saturated heterocycles. The van der Waals surface area contributed by atoms with Crippen LogP contribution in [0.4, 0.5) is 5.69 Å². The number of hydrogen-bond acceptors (Lipinski definition) is 4. The summed E-state index contributed by atoms with van der Waals surface area (Å²) < 4.78 is 0. The summed E-state index contributed by atoms with van der Waals surface area (Å²) in [4.78, 5) is 11.0. The van der Waals surface area contributed by atoms with Gasteiger partial charge >= 0.3 is 5.97 Å². The number of carboxylic acids is 1. The minimum atomic E-state index is -1.00. The molecule has 0 radical (unpaired) electrons. The highest BCUT2D eigenvalue weighted by atomic mass is 32.1. The molecule has 0 amide bonds. The van der Waals surface area contributed by atoms with Crippen LogP contribution in [0.25, 0.3) is 6.08 Å². The zero-order valence-electron chi connectivity index (χ0n) is 7.27. The van der Waals surface area contributed by atoms with Gasteiger partial charge in [-0.05, 0) is 24.3 Å². The molecule has 0 bridgehead atoms. The second-order valence-electron chi connectivity index (χ2n) is 2.59. The lowest BCUT2D eigenvalue weighted by Gasteiger charge is -2.04. The lowest BCUT2D eigenvalue weighted by atomic mass is 10.1. The van der Waals surface area contributed by atoms with Gasteiger partial charge in [-0.25, -0.2) is 4.79 Å². The normalized spacial score (nSPS) is 10.4. The Bertz CT molecular complexity index is 377. The van der Waals surface area contributed by atoms with Crippen molar-refractivity contribution >= 4 is 30.4 Å². The van der Waals surface area contributed by atoms with Crippen molar-refractivity contribution in [3.05, 3.63) is 29.8 Å². The molecule has 4 nitrogen and oxygen atoms in total. The van der Waals surface area contributed by atoms with Gasteiger partial charge < -0.3 is 10.5 Å². The zero-order chi connectivity index (χ0) is 10.6. The topological polar surface area (TPSA) is 75.3 Å². The fourth-order valence-corrected chi connectivity index (χ4v) is 1.19. The van der Waals surface area contributed by atoms with E-state index in [2.05, 4.69) is 18.1 Å². The van der Waals surface area contributed by atoms with E-state index in [1.165, 1.54) is 6.08 Å². The smallest absolute Gasteiger partial charge is 0.328 e. The SMILES string of the molecule is NNc1ccc(S)cc1/C=C/C(=O)O. The van der Waals surface area contributed by atoms with Crippen LogP contribution in [0.3, 0.4) is 0 Å². The molecule has 0 aliphatic carbocycles. The zero-order valence-corrected chi connectivity index (χ0v) is 8.16.